The zero-order valence-electron chi connectivity index (χ0n) is 14.8. The van der Waals surface area contributed by atoms with Gasteiger partial charge in [-0.2, -0.15) is 0 Å². The number of hydrogen-bond donors (Lipinski definition) is 3. The van der Waals surface area contributed by atoms with E-state index in [0.29, 0.717) is 16.6 Å². The summed E-state index contributed by atoms with van der Waals surface area (Å²) in [6.45, 7) is 0. The number of rotatable bonds is 5. The lowest BCUT2D eigenvalue weighted by Crippen LogP contribution is -2.13. The molecule has 0 radical (unpaired) electrons. The fourth-order valence-corrected chi connectivity index (χ4v) is 3.45. The van der Waals surface area contributed by atoms with E-state index < -0.39 is 22.1 Å². The van der Waals surface area contributed by atoms with E-state index in [-0.39, 0.29) is 16.5 Å². The number of carbonyl (C=O) groups is 2. The number of esters is 1. The summed E-state index contributed by atoms with van der Waals surface area (Å²) in [4.78, 5) is 29.6. The van der Waals surface area contributed by atoms with Crippen molar-refractivity contribution in [2.24, 2.45) is 0 Å². The highest BCUT2D eigenvalue weighted by molar-refractivity contribution is 7.92. The molecule has 1 aromatic heterocycles. The number of H-pyrrole nitrogens is 1. The smallest absolute Gasteiger partial charge is 0.413 e. The average Bonchev–Trinajstić information content (AvgIpc) is 3.08. The summed E-state index contributed by atoms with van der Waals surface area (Å²) in [5.74, 6) is -0.391. The van der Waals surface area contributed by atoms with Crippen LogP contribution in [0.15, 0.2) is 47.4 Å². The van der Waals surface area contributed by atoms with Gasteiger partial charge in [0.15, 0.2) is 0 Å². The highest BCUT2D eigenvalue weighted by atomic mass is 32.2. The Morgan fingerprint density at radius 2 is 1.75 bits per heavy atom. The molecule has 1 amide bonds. The van der Waals surface area contributed by atoms with Gasteiger partial charge in [-0.1, -0.05) is 0 Å². The zero-order valence-corrected chi connectivity index (χ0v) is 15.7. The number of carbonyl (C=O) groups excluding carboxylic acids is 2. The zero-order chi connectivity index (χ0) is 20.3. The number of aromatic amines is 1. The van der Waals surface area contributed by atoms with E-state index in [1.54, 1.807) is 0 Å². The summed E-state index contributed by atoms with van der Waals surface area (Å²) in [5.41, 5.74) is 1.46. The van der Waals surface area contributed by atoms with E-state index in [0.717, 1.165) is 0 Å². The molecule has 3 aromatic rings. The maximum absolute atomic E-state index is 12.6. The standard InChI is InChI=1S/C17H16N4O6S/c1-26-15(22)10-3-5-11(6-4-10)21-28(24,25)12-7-8-13-14(9-12)19-16(18-13)20-17(23)27-2/h3-9,21H,1-2H3,(H2,18,19,20,23). The molecule has 1 heterocycles. The van der Waals surface area contributed by atoms with Gasteiger partial charge in [0, 0.05) is 5.69 Å². The third-order valence-corrected chi connectivity index (χ3v) is 5.11. The summed E-state index contributed by atoms with van der Waals surface area (Å²) in [5, 5.41) is 2.37. The number of sulfonamides is 1. The van der Waals surface area contributed by atoms with Crippen LogP contribution in [0.3, 0.4) is 0 Å². The van der Waals surface area contributed by atoms with Crippen molar-refractivity contribution in [3.8, 4) is 0 Å². The van der Waals surface area contributed by atoms with Crippen molar-refractivity contribution in [1.82, 2.24) is 9.97 Å². The topological polar surface area (TPSA) is 139 Å². The van der Waals surface area contributed by atoms with Gasteiger partial charge in [0.25, 0.3) is 10.0 Å². The van der Waals surface area contributed by atoms with Gasteiger partial charge >= 0.3 is 12.1 Å². The van der Waals surface area contributed by atoms with Crippen LogP contribution >= 0.6 is 0 Å². The van der Waals surface area contributed by atoms with Gasteiger partial charge in [-0.15, -0.1) is 0 Å². The molecule has 2 aromatic carbocycles. The van der Waals surface area contributed by atoms with Crippen LogP contribution in [0.4, 0.5) is 16.4 Å². The predicted octanol–water partition coefficient (Wildman–Crippen LogP) is 2.33. The minimum absolute atomic E-state index is 0.00897. The maximum atomic E-state index is 12.6. The molecule has 3 N–H and O–H groups in total. The Morgan fingerprint density at radius 1 is 1.04 bits per heavy atom. The van der Waals surface area contributed by atoms with Crippen molar-refractivity contribution >= 4 is 44.8 Å². The highest BCUT2D eigenvalue weighted by Gasteiger charge is 2.17. The van der Waals surface area contributed by atoms with Gasteiger partial charge < -0.3 is 14.5 Å². The Kier molecular flexibility index (Phi) is 5.18. The van der Waals surface area contributed by atoms with Crippen LogP contribution in [0.1, 0.15) is 10.4 Å². The van der Waals surface area contributed by atoms with E-state index in [1.807, 2.05) is 0 Å². The first kappa shape index (κ1) is 19.2. The molecule has 0 aliphatic rings. The molecule has 146 valence electrons. The number of benzene rings is 2. The van der Waals surface area contributed by atoms with Gasteiger partial charge in [0.2, 0.25) is 5.95 Å². The first-order chi connectivity index (χ1) is 13.3. The van der Waals surface area contributed by atoms with Crippen LogP contribution in [0.25, 0.3) is 11.0 Å². The second-order valence-corrected chi connectivity index (χ2v) is 7.24. The van der Waals surface area contributed by atoms with Crippen LogP contribution in [-0.2, 0) is 19.5 Å². The normalized spacial score (nSPS) is 11.1. The summed E-state index contributed by atoms with van der Waals surface area (Å²) in [6, 6.07) is 10.1. The van der Waals surface area contributed by atoms with E-state index in [1.165, 1.54) is 56.7 Å². The van der Waals surface area contributed by atoms with Crippen LogP contribution in [-0.4, -0.2) is 44.7 Å². The number of nitrogens with one attached hydrogen (secondary N) is 3. The Balaban J connectivity index is 1.83. The van der Waals surface area contributed by atoms with Crippen molar-refractivity contribution < 1.29 is 27.5 Å². The van der Waals surface area contributed by atoms with Crippen LogP contribution < -0.4 is 10.0 Å². The number of nitrogens with zero attached hydrogens (tertiary/aromatic N) is 1. The Labute approximate surface area is 159 Å². The van der Waals surface area contributed by atoms with Crippen molar-refractivity contribution in [2.75, 3.05) is 24.3 Å². The lowest BCUT2D eigenvalue weighted by Gasteiger charge is -2.08. The highest BCUT2D eigenvalue weighted by Crippen LogP contribution is 2.22. The Bertz CT molecular complexity index is 1140. The van der Waals surface area contributed by atoms with Crippen molar-refractivity contribution in [2.45, 2.75) is 4.90 Å². The van der Waals surface area contributed by atoms with Gasteiger partial charge in [-0.25, -0.2) is 23.0 Å². The minimum atomic E-state index is -3.89. The lowest BCUT2D eigenvalue weighted by atomic mass is 10.2. The number of amides is 1. The second kappa shape index (κ2) is 7.56. The van der Waals surface area contributed by atoms with Crippen molar-refractivity contribution in [1.29, 1.82) is 0 Å². The fraction of sp³-hybridized carbons (Fsp3) is 0.118. The van der Waals surface area contributed by atoms with Crippen molar-refractivity contribution in [3.05, 3.63) is 48.0 Å². The molecule has 3 rings (SSSR count). The summed E-state index contributed by atoms with van der Waals surface area (Å²) < 4.78 is 36.8. The Hall–Kier alpha value is -3.60. The number of hydrogen-bond acceptors (Lipinski definition) is 7. The summed E-state index contributed by atoms with van der Waals surface area (Å²) in [7, 11) is -1.41. The summed E-state index contributed by atoms with van der Waals surface area (Å²) >= 11 is 0. The van der Waals surface area contributed by atoms with E-state index >= 15 is 0 Å². The molecule has 28 heavy (non-hydrogen) atoms. The Morgan fingerprint density at radius 3 is 2.39 bits per heavy atom. The van der Waals surface area contributed by atoms with Gasteiger partial charge in [0.05, 0.1) is 35.7 Å². The minimum Gasteiger partial charge on any atom is -0.465 e. The number of methoxy groups -OCH3 is 2. The van der Waals surface area contributed by atoms with E-state index in [4.69, 9.17) is 0 Å². The molecular weight excluding hydrogens is 388 g/mol. The molecule has 0 bridgehead atoms. The number of aromatic nitrogens is 2. The molecule has 0 atom stereocenters. The van der Waals surface area contributed by atoms with Gasteiger partial charge in [-0.05, 0) is 42.5 Å². The molecule has 0 saturated heterocycles. The van der Waals surface area contributed by atoms with E-state index in [2.05, 4.69) is 29.5 Å². The molecule has 0 unspecified atom stereocenters. The quantitative estimate of drug-likeness (QED) is 0.555. The van der Waals surface area contributed by atoms with Crippen LogP contribution in [0, 0.1) is 0 Å². The number of imidazole rings is 1. The maximum Gasteiger partial charge on any atom is 0.413 e. The lowest BCUT2D eigenvalue weighted by molar-refractivity contribution is 0.0600. The third kappa shape index (κ3) is 4.04. The van der Waals surface area contributed by atoms with Gasteiger partial charge in [0.1, 0.15) is 0 Å². The third-order valence-electron chi connectivity index (χ3n) is 3.73. The molecule has 0 saturated carbocycles. The number of ether oxygens (including phenoxy) is 2. The molecule has 11 heteroatoms. The molecule has 0 aliphatic heterocycles. The molecule has 0 fully saturated rings. The molecule has 0 spiro atoms. The molecular formula is C17H16N4O6S. The first-order valence-corrected chi connectivity index (χ1v) is 9.36. The van der Waals surface area contributed by atoms with Crippen LogP contribution in [0.2, 0.25) is 0 Å². The monoisotopic (exact) mass is 404 g/mol. The fourth-order valence-electron chi connectivity index (χ4n) is 2.37. The average molecular weight is 404 g/mol. The first-order valence-electron chi connectivity index (χ1n) is 7.88. The predicted molar refractivity (Wildman–Crippen MR) is 101 cm³/mol. The number of anilines is 2. The molecule has 0 aliphatic carbocycles. The second-order valence-electron chi connectivity index (χ2n) is 5.56. The van der Waals surface area contributed by atoms with Gasteiger partial charge in [-0.3, -0.25) is 10.0 Å². The number of fused-ring (bicyclic) bond motifs is 1. The van der Waals surface area contributed by atoms with Crippen molar-refractivity contribution in [3.63, 3.8) is 0 Å². The SMILES string of the molecule is COC(=O)Nc1nc2ccc(S(=O)(=O)Nc3ccc(C(=O)OC)cc3)cc2[nH]1. The molecule has 10 nitrogen and oxygen atoms in total. The van der Waals surface area contributed by atoms with Crippen LogP contribution in [0.5, 0.6) is 0 Å². The van der Waals surface area contributed by atoms with E-state index in [9.17, 15) is 18.0 Å². The summed E-state index contributed by atoms with van der Waals surface area (Å²) in [6.07, 6.45) is -0.705. The largest absolute Gasteiger partial charge is 0.465 e.